The molecule has 0 aliphatic rings. The third kappa shape index (κ3) is 3.06. The summed E-state index contributed by atoms with van der Waals surface area (Å²) in [5.74, 6) is 0. The Bertz CT molecular complexity index is 493. The molecule has 1 N–H and O–H groups in total. The van der Waals surface area contributed by atoms with Gasteiger partial charge in [0.25, 0.3) is 0 Å². The average Bonchev–Trinajstić information content (AvgIpc) is 2.43. The lowest BCUT2D eigenvalue weighted by Crippen LogP contribution is -2.04. The normalized spacial score (nSPS) is 12.8. The van der Waals surface area contributed by atoms with Gasteiger partial charge in [0.15, 0.2) is 0 Å². The van der Waals surface area contributed by atoms with Crippen LogP contribution >= 0.6 is 0 Å². The lowest BCUT2D eigenvalue weighted by atomic mass is 10.0. The van der Waals surface area contributed by atoms with E-state index < -0.39 is 6.10 Å². The fourth-order valence-electron chi connectivity index (χ4n) is 2.02. The number of rotatable bonds is 6. The number of ether oxygens (including phenoxy) is 1. The molecule has 0 saturated carbocycles. The summed E-state index contributed by atoms with van der Waals surface area (Å²) in [6, 6.07) is 7.90. The minimum Gasteiger partial charge on any atom is -0.388 e. The van der Waals surface area contributed by atoms with Crippen LogP contribution in [0.3, 0.4) is 0 Å². The Morgan fingerprint density at radius 2 is 2.17 bits per heavy atom. The van der Waals surface area contributed by atoms with Crippen molar-refractivity contribution in [1.29, 1.82) is 0 Å². The van der Waals surface area contributed by atoms with Crippen LogP contribution in [0, 0.1) is 0 Å². The van der Waals surface area contributed by atoms with Crippen molar-refractivity contribution in [2.45, 2.75) is 25.9 Å². The molecule has 0 fully saturated rings. The molecule has 2 rings (SSSR count). The number of nitrogens with zero attached hydrogens (tertiary/aromatic N) is 1. The monoisotopic (exact) mass is 245 g/mol. The van der Waals surface area contributed by atoms with E-state index in [0.29, 0.717) is 13.0 Å². The number of benzene rings is 1. The van der Waals surface area contributed by atoms with Crippen LogP contribution < -0.4 is 0 Å². The van der Waals surface area contributed by atoms with E-state index in [-0.39, 0.29) is 0 Å². The molecule has 1 atom stereocenters. The molecule has 1 aromatic carbocycles. The molecule has 1 heterocycles. The van der Waals surface area contributed by atoms with E-state index in [0.717, 1.165) is 29.4 Å². The second kappa shape index (κ2) is 6.47. The number of fused-ring (bicyclic) bond motifs is 1. The Kier molecular flexibility index (Phi) is 4.67. The molecule has 0 aliphatic heterocycles. The number of pyridine rings is 1. The first-order chi connectivity index (χ1) is 8.83. The fourth-order valence-corrected chi connectivity index (χ4v) is 2.02. The van der Waals surface area contributed by atoms with Gasteiger partial charge in [0.05, 0.1) is 6.10 Å². The summed E-state index contributed by atoms with van der Waals surface area (Å²) in [5, 5.41) is 12.3. The van der Waals surface area contributed by atoms with E-state index in [1.807, 2.05) is 24.3 Å². The van der Waals surface area contributed by atoms with Crippen molar-refractivity contribution in [2.75, 3.05) is 13.2 Å². The third-order valence-electron chi connectivity index (χ3n) is 2.96. The van der Waals surface area contributed by atoms with Crippen LogP contribution in [0.4, 0.5) is 0 Å². The highest BCUT2D eigenvalue weighted by Crippen LogP contribution is 2.25. The van der Waals surface area contributed by atoms with E-state index >= 15 is 0 Å². The van der Waals surface area contributed by atoms with Crippen LogP contribution in [0.5, 0.6) is 0 Å². The van der Waals surface area contributed by atoms with Crippen molar-refractivity contribution in [3.63, 3.8) is 0 Å². The van der Waals surface area contributed by atoms with Crippen LogP contribution in [0.15, 0.2) is 36.7 Å². The zero-order valence-electron chi connectivity index (χ0n) is 10.7. The van der Waals surface area contributed by atoms with Gasteiger partial charge < -0.3 is 9.84 Å². The maximum Gasteiger partial charge on any atom is 0.0818 e. The molecule has 1 aromatic heterocycles. The first kappa shape index (κ1) is 13.0. The highest BCUT2D eigenvalue weighted by Gasteiger charge is 2.10. The van der Waals surface area contributed by atoms with Gasteiger partial charge in [-0.15, -0.1) is 0 Å². The van der Waals surface area contributed by atoms with Crippen LogP contribution in [0.25, 0.3) is 10.8 Å². The van der Waals surface area contributed by atoms with Gasteiger partial charge in [0.2, 0.25) is 0 Å². The highest BCUT2D eigenvalue weighted by molar-refractivity contribution is 5.85. The Hall–Kier alpha value is -1.45. The Morgan fingerprint density at radius 1 is 1.28 bits per heavy atom. The molecular formula is C15H19NO2. The van der Waals surface area contributed by atoms with Gasteiger partial charge in [-0.25, -0.2) is 0 Å². The minimum absolute atomic E-state index is 0.491. The molecule has 0 amide bonds. The molecule has 1 unspecified atom stereocenters. The van der Waals surface area contributed by atoms with E-state index in [1.54, 1.807) is 12.4 Å². The van der Waals surface area contributed by atoms with Crippen molar-refractivity contribution in [3.05, 3.63) is 42.2 Å². The van der Waals surface area contributed by atoms with Crippen molar-refractivity contribution in [1.82, 2.24) is 4.98 Å². The van der Waals surface area contributed by atoms with Gasteiger partial charge in [-0.05, 0) is 23.4 Å². The van der Waals surface area contributed by atoms with Gasteiger partial charge in [-0.3, -0.25) is 4.98 Å². The summed E-state index contributed by atoms with van der Waals surface area (Å²) >= 11 is 0. The SMILES string of the molecule is CCCOCCC(O)c1cccc2ccncc12. The summed E-state index contributed by atoms with van der Waals surface area (Å²) in [6.07, 6.45) is 4.71. The quantitative estimate of drug-likeness (QED) is 0.795. The molecule has 18 heavy (non-hydrogen) atoms. The fraction of sp³-hybridized carbons (Fsp3) is 0.400. The lowest BCUT2D eigenvalue weighted by Gasteiger charge is -2.13. The van der Waals surface area contributed by atoms with Crippen molar-refractivity contribution in [3.8, 4) is 0 Å². The second-order valence-electron chi connectivity index (χ2n) is 4.36. The summed E-state index contributed by atoms with van der Waals surface area (Å²) in [7, 11) is 0. The van der Waals surface area contributed by atoms with Crippen LogP contribution in [0.1, 0.15) is 31.4 Å². The molecule has 0 radical (unpaired) electrons. The maximum absolute atomic E-state index is 10.2. The van der Waals surface area contributed by atoms with Crippen molar-refractivity contribution < 1.29 is 9.84 Å². The maximum atomic E-state index is 10.2. The first-order valence-electron chi connectivity index (χ1n) is 6.41. The predicted molar refractivity (Wildman–Crippen MR) is 72.4 cm³/mol. The summed E-state index contributed by atoms with van der Waals surface area (Å²) in [6.45, 7) is 3.42. The third-order valence-corrected chi connectivity index (χ3v) is 2.96. The largest absolute Gasteiger partial charge is 0.388 e. The molecule has 96 valence electrons. The standard InChI is InChI=1S/C15H19NO2/c1-2-9-18-10-7-15(17)13-5-3-4-12-6-8-16-11-14(12)13/h3-6,8,11,15,17H,2,7,9-10H2,1H3. The predicted octanol–water partition coefficient (Wildman–Crippen LogP) is 3.08. The molecule has 0 spiro atoms. The molecule has 3 heteroatoms. The Morgan fingerprint density at radius 3 is 3.00 bits per heavy atom. The number of hydrogen-bond donors (Lipinski definition) is 1. The second-order valence-corrected chi connectivity index (χ2v) is 4.36. The first-order valence-corrected chi connectivity index (χ1v) is 6.41. The zero-order valence-corrected chi connectivity index (χ0v) is 10.7. The van der Waals surface area contributed by atoms with Crippen LogP contribution in [0.2, 0.25) is 0 Å². The van der Waals surface area contributed by atoms with Gasteiger partial charge >= 0.3 is 0 Å². The molecule has 0 saturated heterocycles. The summed E-state index contributed by atoms with van der Waals surface area (Å²) < 4.78 is 5.41. The Labute approximate surface area is 107 Å². The van der Waals surface area contributed by atoms with E-state index in [2.05, 4.69) is 11.9 Å². The highest BCUT2D eigenvalue weighted by atomic mass is 16.5. The van der Waals surface area contributed by atoms with E-state index in [1.165, 1.54) is 0 Å². The molecular weight excluding hydrogens is 226 g/mol. The topological polar surface area (TPSA) is 42.4 Å². The van der Waals surface area contributed by atoms with Gasteiger partial charge in [-0.1, -0.05) is 25.1 Å². The molecule has 0 aliphatic carbocycles. The summed E-state index contributed by atoms with van der Waals surface area (Å²) in [4.78, 5) is 4.12. The average molecular weight is 245 g/mol. The number of hydrogen-bond acceptors (Lipinski definition) is 3. The minimum atomic E-state index is -0.491. The van der Waals surface area contributed by atoms with E-state index in [9.17, 15) is 5.11 Å². The van der Waals surface area contributed by atoms with Gasteiger partial charge in [-0.2, -0.15) is 0 Å². The van der Waals surface area contributed by atoms with Gasteiger partial charge in [0.1, 0.15) is 0 Å². The van der Waals surface area contributed by atoms with Crippen LogP contribution in [-0.2, 0) is 4.74 Å². The number of aliphatic hydroxyl groups is 1. The van der Waals surface area contributed by atoms with Crippen molar-refractivity contribution in [2.24, 2.45) is 0 Å². The number of aliphatic hydroxyl groups excluding tert-OH is 1. The smallest absolute Gasteiger partial charge is 0.0818 e. The number of aromatic nitrogens is 1. The summed E-state index contributed by atoms with van der Waals surface area (Å²) in [5.41, 5.74) is 0.931. The molecule has 2 aromatic rings. The van der Waals surface area contributed by atoms with Crippen LogP contribution in [-0.4, -0.2) is 23.3 Å². The zero-order chi connectivity index (χ0) is 12.8. The van der Waals surface area contributed by atoms with Crippen molar-refractivity contribution >= 4 is 10.8 Å². The lowest BCUT2D eigenvalue weighted by molar-refractivity contribution is 0.0828. The van der Waals surface area contributed by atoms with E-state index in [4.69, 9.17) is 4.74 Å². The molecule has 3 nitrogen and oxygen atoms in total. The van der Waals surface area contributed by atoms with Gasteiger partial charge in [0, 0.05) is 37.4 Å². The molecule has 0 bridgehead atoms. The Balaban J connectivity index is 2.10.